The molecule has 0 aromatic carbocycles. The van der Waals surface area contributed by atoms with E-state index in [1.165, 1.54) is 4.68 Å². The Hall–Kier alpha value is -1.81. The number of amidine groups is 1. The van der Waals surface area contributed by atoms with Crippen LogP contribution in [0.5, 0.6) is 0 Å². The number of aliphatic hydroxyl groups is 3. The Bertz CT molecular complexity index is 627. The van der Waals surface area contributed by atoms with Crippen molar-refractivity contribution in [1.82, 2.24) is 14.7 Å². The summed E-state index contributed by atoms with van der Waals surface area (Å²) in [6, 6.07) is 0. The second kappa shape index (κ2) is 4.60. The van der Waals surface area contributed by atoms with Gasteiger partial charge in [-0.2, -0.15) is 5.10 Å². The van der Waals surface area contributed by atoms with Gasteiger partial charge in [0.15, 0.2) is 12.0 Å². The van der Waals surface area contributed by atoms with Crippen molar-refractivity contribution in [1.29, 1.82) is 0 Å². The summed E-state index contributed by atoms with van der Waals surface area (Å²) in [6.07, 6.45) is -0.757. The first kappa shape index (κ1) is 12.9. The lowest BCUT2D eigenvalue weighted by atomic mass is 10.1. The van der Waals surface area contributed by atoms with Crippen LogP contribution in [0, 0.1) is 0 Å². The van der Waals surface area contributed by atoms with Gasteiger partial charge in [-0.25, -0.2) is 9.67 Å². The fourth-order valence-electron chi connectivity index (χ4n) is 2.85. The van der Waals surface area contributed by atoms with Gasteiger partial charge in [-0.05, 0) is 0 Å². The topological polar surface area (TPSA) is 116 Å². The highest BCUT2D eigenvalue weighted by Crippen LogP contribution is 2.35. The smallest absolute Gasteiger partial charge is 0.181 e. The second-order valence-electron chi connectivity index (χ2n) is 5.20. The number of hydrogen-bond acceptors (Lipinski definition) is 8. The summed E-state index contributed by atoms with van der Waals surface area (Å²) in [4.78, 5) is 10.7. The van der Waals surface area contributed by atoms with Gasteiger partial charge >= 0.3 is 0 Å². The van der Waals surface area contributed by atoms with Gasteiger partial charge < -0.3 is 25.0 Å². The SMILES string of the molecule is OC[C@H]1O[C@@H](n2ncc3c2N=CN2CCN=C32)[C@H](O)[C@@H]1O. The van der Waals surface area contributed by atoms with Gasteiger partial charge in [0.2, 0.25) is 0 Å². The van der Waals surface area contributed by atoms with Crippen LogP contribution in [0.1, 0.15) is 11.8 Å². The van der Waals surface area contributed by atoms with E-state index >= 15 is 0 Å². The molecule has 0 spiro atoms. The molecule has 4 atom stereocenters. The van der Waals surface area contributed by atoms with Gasteiger partial charge in [-0.15, -0.1) is 0 Å². The molecule has 9 nitrogen and oxygen atoms in total. The molecule has 112 valence electrons. The minimum atomic E-state index is -1.18. The summed E-state index contributed by atoms with van der Waals surface area (Å²) in [5.41, 5.74) is 0.771. The Morgan fingerprint density at radius 3 is 2.95 bits per heavy atom. The van der Waals surface area contributed by atoms with Crippen LogP contribution in [0.15, 0.2) is 16.2 Å². The average Bonchev–Trinajstić information content (AvgIpc) is 3.17. The number of hydrogen-bond donors (Lipinski definition) is 3. The molecular weight excluding hydrogens is 278 g/mol. The summed E-state index contributed by atoms with van der Waals surface area (Å²) in [6.45, 7) is 1.12. The second-order valence-corrected chi connectivity index (χ2v) is 5.20. The third-order valence-corrected chi connectivity index (χ3v) is 3.96. The molecule has 3 aliphatic heterocycles. The van der Waals surface area contributed by atoms with Crippen molar-refractivity contribution in [3.8, 4) is 0 Å². The summed E-state index contributed by atoms with van der Waals surface area (Å²) < 4.78 is 6.90. The molecule has 1 aromatic heterocycles. The molecule has 1 fully saturated rings. The normalized spacial score (nSPS) is 34.0. The van der Waals surface area contributed by atoms with Crippen LogP contribution in [0.3, 0.4) is 0 Å². The van der Waals surface area contributed by atoms with Crippen LogP contribution in [-0.4, -0.2) is 80.2 Å². The molecule has 0 radical (unpaired) electrons. The maximum absolute atomic E-state index is 10.1. The average molecular weight is 293 g/mol. The molecule has 0 amide bonds. The fraction of sp³-hybridized carbons (Fsp3) is 0.583. The lowest BCUT2D eigenvalue weighted by Gasteiger charge is -2.21. The van der Waals surface area contributed by atoms with Crippen LogP contribution >= 0.6 is 0 Å². The number of rotatable bonds is 2. The maximum Gasteiger partial charge on any atom is 0.181 e. The molecule has 1 saturated heterocycles. The van der Waals surface area contributed by atoms with Gasteiger partial charge in [0.25, 0.3) is 0 Å². The van der Waals surface area contributed by atoms with Gasteiger partial charge in [0, 0.05) is 6.54 Å². The molecular formula is C12H15N5O4. The van der Waals surface area contributed by atoms with E-state index in [9.17, 15) is 10.2 Å². The van der Waals surface area contributed by atoms with Crippen molar-refractivity contribution in [2.45, 2.75) is 24.5 Å². The van der Waals surface area contributed by atoms with E-state index in [1.807, 2.05) is 4.90 Å². The quantitative estimate of drug-likeness (QED) is 0.594. The summed E-state index contributed by atoms with van der Waals surface area (Å²) in [5, 5.41) is 33.3. The van der Waals surface area contributed by atoms with Crippen LogP contribution in [0.4, 0.5) is 5.82 Å². The van der Waals surface area contributed by atoms with Gasteiger partial charge in [-0.3, -0.25) is 4.99 Å². The highest BCUT2D eigenvalue weighted by atomic mass is 16.6. The zero-order chi connectivity index (χ0) is 14.6. The molecule has 9 heteroatoms. The molecule has 0 saturated carbocycles. The van der Waals surface area contributed by atoms with Crippen molar-refractivity contribution in [3.05, 3.63) is 11.8 Å². The van der Waals surface area contributed by atoms with Crippen molar-refractivity contribution >= 4 is 18.0 Å². The predicted octanol–water partition coefficient (Wildman–Crippen LogP) is -1.77. The number of nitrogens with zero attached hydrogens (tertiary/aromatic N) is 5. The van der Waals surface area contributed by atoms with E-state index in [2.05, 4.69) is 15.1 Å². The first-order valence-corrected chi connectivity index (χ1v) is 6.76. The molecule has 21 heavy (non-hydrogen) atoms. The first-order valence-electron chi connectivity index (χ1n) is 6.76. The standard InChI is InChI=1S/C12H15N5O4/c18-4-7-8(19)9(20)12(21-7)17-11-6(3-15-17)10-13-1-2-16(10)5-14-11/h3,5,7-9,12,18-20H,1-2,4H2/t7-,8-,9-,12-/m1/s1. The van der Waals surface area contributed by atoms with Gasteiger partial charge in [0.05, 0.1) is 31.3 Å². The molecule has 0 bridgehead atoms. The molecule has 0 aliphatic carbocycles. The van der Waals surface area contributed by atoms with E-state index in [-0.39, 0.29) is 6.61 Å². The van der Waals surface area contributed by atoms with Gasteiger partial charge in [0.1, 0.15) is 24.1 Å². The van der Waals surface area contributed by atoms with Crippen LogP contribution < -0.4 is 0 Å². The van der Waals surface area contributed by atoms with E-state index in [0.29, 0.717) is 12.4 Å². The molecule has 4 heterocycles. The summed E-state index contributed by atoms with van der Waals surface area (Å²) >= 11 is 0. The van der Waals surface area contributed by atoms with E-state index in [4.69, 9.17) is 9.84 Å². The minimum Gasteiger partial charge on any atom is -0.394 e. The highest BCUT2D eigenvalue weighted by Gasteiger charge is 2.45. The number of ether oxygens (including phenoxy) is 1. The Morgan fingerprint density at radius 2 is 2.19 bits per heavy atom. The summed E-state index contributed by atoms with van der Waals surface area (Å²) in [7, 11) is 0. The molecule has 3 N–H and O–H groups in total. The lowest BCUT2D eigenvalue weighted by Crippen LogP contribution is -2.33. The van der Waals surface area contributed by atoms with E-state index in [0.717, 1.165) is 17.9 Å². The number of fused-ring (bicyclic) bond motifs is 3. The summed E-state index contributed by atoms with van der Waals surface area (Å²) in [5.74, 6) is 1.33. The van der Waals surface area contributed by atoms with E-state index < -0.39 is 24.5 Å². The monoisotopic (exact) mass is 293 g/mol. The number of aliphatic imine (C=N–C) groups is 2. The van der Waals surface area contributed by atoms with Crippen molar-refractivity contribution in [3.63, 3.8) is 0 Å². The third-order valence-electron chi connectivity index (χ3n) is 3.96. The molecule has 3 aliphatic rings. The fourth-order valence-corrected chi connectivity index (χ4v) is 2.85. The largest absolute Gasteiger partial charge is 0.394 e. The molecule has 1 aromatic rings. The number of aromatic nitrogens is 2. The lowest BCUT2D eigenvalue weighted by molar-refractivity contribution is -0.0576. The first-order chi connectivity index (χ1) is 10.2. The predicted molar refractivity (Wildman–Crippen MR) is 71.5 cm³/mol. The Labute approximate surface area is 119 Å². The zero-order valence-corrected chi connectivity index (χ0v) is 11.1. The molecule has 4 rings (SSSR count). The van der Waals surface area contributed by atoms with Crippen molar-refractivity contribution < 1.29 is 20.1 Å². The Kier molecular flexibility index (Phi) is 2.82. The Morgan fingerprint density at radius 1 is 1.33 bits per heavy atom. The maximum atomic E-state index is 10.1. The Balaban J connectivity index is 1.72. The third kappa shape index (κ3) is 1.75. The van der Waals surface area contributed by atoms with Gasteiger partial charge in [-0.1, -0.05) is 0 Å². The minimum absolute atomic E-state index is 0.373. The number of aliphatic hydroxyl groups excluding tert-OH is 3. The highest BCUT2D eigenvalue weighted by molar-refractivity contribution is 6.10. The van der Waals surface area contributed by atoms with Crippen LogP contribution in [-0.2, 0) is 4.74 Å². The van der Waals surface area contributed by atoms with Crippen molar-refractivity contribution in [2.24, 2.45) is 9.98 Å². The van der Waals surface area contributed by atoms with Crippen LogP contribution in [0.25, 0.3) is 0 Å². The zero-order valence-electron chi connectivity index (χ0n) is 11.1. The van der Waals surface area contributed by atoms with Crippen LogP contribution in [0.2, 0.25) is 0 Å². The molecule has 0 unspecified atom stereocenters. The van der Waals surface area contributed by atoms with E-state index in [1.54, 1.807) is 12.5 Å². The van der Waals surface area contributed by atoms with Crippen molar-refractivity contribution in [2.75, 3.05) is 19.7 Å².